The zero-order chi connectivity index (χ0) is 25.5. The van der Waals surface area contributed by atoms with Crippen molar-refractivity contribution in [3.63, 3.8) is 0 Å². The summed E-state index contributed by atoms with van der Waals surface area (Å²) in [5.74, 6) is 2.24. The standard InChI is InChI=1S/C26H36N6O2S2/c1-4-8-21-24(17(2)35-26-29-22(27)16-23(28)30-26)31-25(36-21)18-9-10-19(33-3)20(15-18)34-14-13-32-11-6-5-7-12-32/h9-10,15-17H,4-8,11-14H2,1-3H3,(H4,27,28,29,30)/t17-/m0/s1. The molecule has 0 radical (unpaired) electrons. The molecule has 1 atom stereocenters. The van der Waals surface area contributed by atoms with Crippen molar-refractivity contribution in [2.75, 3.05) is 44.8 Å². The van der Waals surface area contributed by atoms with Crippen LogP contribution in [0.4, 0.5) is 11.6 Å². The number of hydrogen-bond donors (Lipinski definition) is 2. The van der Waals surface area contributed by atoms with Crippen LogP contribution in [0, 0.1) is 0 Å². The van der Waals surface area contributed by atoms with E-state index in [1.165, 1.54) is 35.9 Å². The normalized spacial score (nSPS) is 15.1. The molecule has 10 heteroatoms. The van der Waals surface area contributed by atoms with E-state index in [0.717, 1.165) is 60.2 Å². The lowest BCUT2D eigenvalue weighted by molar-refractivity contribution is 0.180. The van der Waals surface area contributed by atoms with Crippen LogP contribution in [0.1, 0.15) is 55.4 Å². The molecule has 36 heavy (non-hydrogen) atoms. The number of methoxy groups -OCH3 is 1. The summed E-state index contributed by atoms with van der Waals surface area (Å²) >= 11 is 3.25. The second-order valence-electron chi connectivity index (χ2n) is 8.95. The van der Waals surface area contributed by atoms with Gasteiger partial charge in [-0.2, -0.15) is 0 Å². The first-order valence-electron chi connectivity index (χ1n) is 12.6. The van der Waals surface area contributed by atoms with E-state index in [9.17, 15) is 0 Å². The quantitative estimate of drug-likeness (QED) is 0.248. The van der Waals surface area contributed by atoms with E-state index in [2.05, 4.69) is 28.7 Å². The highest BCUT2D eigenvalue weighted by atomic mass is 32.2. The van der Waals surface area contributed by atoms with E-state index >= 15 is 0 Å². The third-order valence-corrected chi connectivity index (χ3v) is 8.29. The van der Waals surface area contributed by atoms with Crippen molar-refractivity contribution in [1.29, 1.82) is 0 Å². The van der Waals surface area contributed by atoms with Gasteiger partial charge in [0.05, 0.1) is 18.1 Å². The van der Waals surface area contributed by atoms with Crippen molar-refractivity contribution in [2.24, 2.45) is 0 Å². The van der Waals surface area contributed by atoms with Crippen molar-refractivity contribution < 1.29 is 9.47 Å². The molecule has 1 saturated heterocycles. The molecular formula is C26H36N6O2S2. The first-order valence-corrected chi connectivity index (χ1v) is 14.3. The number of hydrogen-bond acceptors (Lipinski definition) is 10. The highest BCUT2D eigenvalue weighted by molar-refractivity contribution is 7.99. The van der Waals surface area contributed by atoms with Crippen molar-refractivity contribution in [3.8, 4) is 22.1 Å². The minimum absolute atomic E-state index is 0.0521. The SMILES string of the molecule is CCCc1sc(-c2ccc(OC)c(OCCN3CCCCC3)c2)nc1[C@H](C)Sc1nc(N)cc(N)n1. The van der Waals surface area contributed by atoms with Gasteiger partial charge in [-0.05, 0) is 57.5 Å². The van der Waals surface area contributed by atoms with Gasteiger partial charge in [0.15, 0.2) is 16.7 Å². The summed E-state index contributed by atoms with van der Waals surface area (Å²) < 4.78 is 11.8. The zero-order valence-corrected chi connectivity index (χ0v) is 23.0. The molecule has 3 heterocycles. The van der Waals surface area contributed by atoms with Crippen molar-refractivity contribution in [2.45, 2.75) is 56.4 Å². The maximum absolute atomic E-state index is 6.19. The van der Waals surface area contributed by atoms with Gasteiger partial charge in [-0.3, -0.25) is 4.90 Å². The third kappa shape index (κ3) is 6.80. The van der Waals surface area contributed by atoms with Gasteiger partial charge >= 0.3 is 0 Å². The molecule has 4 rings (SSSR count). The highest BCUT2D eigenvalue weighted by Gasteiger charge is 2.21. The number of nitrogens with zero attached hydrogens (tertiary/aromatic N) is 4. The molecule has 1 aliphatic heterocycles. The second kappa shape index (κ2) is 12.6. The number of benzene rings is 1. The van der Waals surface area contributed by atoms with E-state index < -0.39 is 0 Å². The number of rotatable bonds is 11. The van der Waals surface area contributed by atoms with Crippen LogP contribution in [-0.2, 0) is 6.42 Å². The Morgan fingerprint density at radius 2 is 1.81 bits per heavy atom. The number of nitrogen functional groups attached to an aromatic ring is 2. The predicted octanol–water partition coefficient (Wildman–Crippen LogP) is 5.44. The molecule has 1 fully saturated rings. The van der Waals surface area contributed by atoms with E-state index in [4.69, 9.17) is 25.9 Å². The topological polar surface area (TPSA) is 112 Å². The molecule has 1 aliphatic rings. The van der Waals surface area contributed by atoms with Crippen LogP contribution in [-0.4, -0.2) is 53.2 Å². The number of nitrogens with two attached hydrogens (primary N) is 2. The fourth-order valence-corrected chi connectivity index (χ4v) is 6.60. The number of piperidine rings is 1. The Bertz CT molecular complexity index is 1130. The van der Waals surface area contributed by atoms with Gasteiger partial charge in [0.1, 0.15) is 23.3 Å². The van der Waals surface area contributed by atoms with Gasteiger partial charge in [-0.25, -0.2) is 15.0 Å². The number of aromatic nitrogens is 3. The van der Waals surface area contributed by atoms with Crippen LogP contribution >= 0.6 is 23.1 Å². The van der Waals surface area contributed by atoms with Crippen LogP contribution < -0.4 is 20.9 Å². The molecule has 0 spiro atoms. The van der Waals surface area contributed by atoms with Crippen molar-refractivity contribution in [1.82, 2.24) is 19.9 Å². The Hall–Kier alpha value is -2.56. The maximum Gasteiger partial charge on any atom is 0.192 e. The second-order valence-corrected chi connectivity index (χ2v) is 11.3. The van der Waals surface area contributed by atoms with Gasteiger partial charge < -0.3 is 20.9 Å². The summed E-state index contributed by atoms with van der Waals surface area (Å²) in [6.07, 6.45) is 5.90. The minimum Gasteiger partial charge on any atom is -0.493 e. The van der Waals surface area contributed by atoms with Gasteiger partial charge in [0.25, 0.3) is 0 Å². The number of anilines is 2. The number of thioether (sulfide) groups is 1. The van der Waals surface area contributed by atoms with Gasteiger partial charge in [-0.1, -0.05) is 31.5 Å². The average Bonchev–Trinajstić information content (AvgIpc) is 3.28. The molecule has 0 aliphatic carbocycles. The lowest BCUT2D eigenvalue weighted by Crippen LogP contribution is -2.33. The summed E-state index contributed by atoms with van der Waals surface area (Å²) in [7, 11) is 1.68. The largest absolute Gasteiger partial charge is 0.493 e. The van der Waals surface area contributed by atoms with Crippen LogP contribution in [0.25, 0.3) is 10.6 Å². The molecule has 0 unspecified atom stereocenters. The molecule has 194 valence electrons. The summed E-state index contributed by atoms with van der Waals surface area (Å²) in [6, 6.07) is 7.63. The predicted molar refractivity (Wildman–Crippen MR) is 149 cm³/mol. The number of likely N-dealkylation sites (tertiary alicyclic amines) is 1. The van der Waals surface area contributed by atoms with Crippen molar-refractivity contribution >= 4 is 34.7 Å². The monoisotopic (exact) mass is 528 g/mol. The first kappa shape index (κ1) is 26.5. The molecule has 4 N–H and O–H groups in total. The summed E-state index contributed by atoms with van der Waals surface area (Å²) in [5, 5.41) is 1.58. The van der Waals surface area contributed by atoms with Crippen LogP contribution in [0.15, 0.2) is 29.4 Å². The lowest BCUT2D eigenvalue weighted by atomic mass is 10.1. The third-order valence-electron chi connectivity index (χ3n) is 6.14. The number of aryl methyl sites for hydroxylation is 1. The molecule has 0 bridgehead atoms. The van der Waals surface area contributed by atoms with Crippen LogP contribution in [0.3, 0.4) is 0 Å². The van der Waals surface area contributed by atoms with E-state index in [1.54, 1.807) is 24.5 Å². The Kier molecular flexibility index (Phi) is 9.28. The molecular weight excluding hydrogens is 492 g/mol. The summed E-state index contributed by atoms with van der Waals surface area (Å²) in [6.45, 7) is 8.19. The van der Waals surface area contributed by atoms with Gasteiger partial charge in [0.2, 0.25) is 0 Å². The van der Waals surface area contributed by atoms with Crippen LogP contribution in [0.5, 0.6) is 11.5 Å². The Balaban J connectivity index is 1.53. The minimum atomic E-state index is 0.0521. The summed E-state index contributed by atoms with van der Waals surface area (Å²) in [5.41, 5.74) is 13.8. The Labute approximate surface area is 221 Å². The summed E-state index contributed by atoms with van der Waals surface area (Å²) in [4.78, 5) is 17.5. The fraction of sp³-hybridized carbons (Fsp3) is 0.500. The molecule has 2 aromatic heterocycles. The van der Waals surface area contributed by atoms with Gasteiger partial charge in [0, 0.05) is 23.1 Å². The first-order chi connectivity index (χ1) is 17.5. The fourth-order valence-electron chi connectivity index (χ4n) is 4.33. The zero-order valence-electron chi connectivity index (χ0n) is 21.3. The number of ether oxygens (including phenoxy) is 2. The van der Waals surface area contributed by atoms with Crippen LogP contribution in [0.2, 0.25) is 0 Å². The molecule has 0 amide bonds. The van der Waals surface area contributed by atoms with Crippen molar-refractivity contribution in [3.05, 3.63) is 34.8 Å². The Morgan fingerprint density at radius 1 is 1.06 bits per heavy atom. The molecule has 3 aromatic rings. The van der Waals surface area contributed by atoms with E-state index in [0.29, 0.717) is 23.4 Å². The number of thiazole rings is 1. The molecule has 1 aromatic carbocycles. The van der Waals surface area contributed by atoms with E-state index in [-0.39, 0.29) is 5.25 Å². The molecule has 8 nitrogen and oxygen atoms in total. The Morgan fingerprint density at radius 3 is 2.50 bits per heavy atom. The van der Waals surface area contributed by atoms with Gasteiger partial charge in [-0.15, -0.1) is 11.3 Å². The average molecular weight is 529 g/mol. The smallest absolute Gasteiger partial charge is 0.192 e. The van der Waals surface area contributed by atoms with E-state index in [1.807, 2.05) is 18.2 Å². The molecule has 0 saturated carbocycles. The lowest BCUT2D eigenvalue weighted by Gasteiger charge is -2.26. The highest BCUT2D eigenvalue weighted by Crippen LogP contribution is 2.41. The maximum atomic E-state index is 6.19.